The zero-order valence-electron chi connectivity index (χ0n) is 19.2. The summed E-state index contributed by atoms with van der Waals surface area (Å²) in [4.78, 5) is 27.2. The molecule has 1 aliphatic rings. The number of carbonyl (C=O) groups is 2. The number of ether oxygens (including phenoxy) is 2. The van der Waals surface area contributed by atoms with Crippen LogP contribution in [0.5, 0.6) is 5.75 Å². The zero-order valence-corrected chi connectivity index (χ0v) is 19.2. The van der Waals surface area contributed by atoms with Crippen LogP contribution in [0.4, 0.5) is 10.1 Å². The molecule has 0 unspecified atom stereocenters. The molecule has 3 aromatic carbocycles. The molecule has 0 bridgehead atoms. The Kier molecular flexibility index (Phi) is 6.93. The van der Waals surface area contributed by atoms with Gasteiger partial charge in [0, 0.05) is 24.3 Å². The Labute approximate surface area is 198 Å². The van der Waals surface area contributed by atoms with Gasteiger partial charge in [-0.2, -0.15) is 0 Å². The second-order valence-corrected chi connectivity index (χ2v) is 8.58. The predicted molar refractivity (Wildman–Crippen MR) is 128 cm³/mol. The Morgan fingerprint density at radius 3 is 2.03 bits per heavy atom. The van der Waals surface area contributed by atoms with Crippen LogP contribution < -0.4 is 10.1 Å². The van der Waals surface area contributed by atoms with Crippen LogP contribution in [0.3, 0.4) is 0 Å². The Morgan fingerprint density at radius 1 is 0.882 bits per heavy atom. The van der Waals surface area contributed by atoms with Crippen LogP contribution in [-0.4, -0.2) is 48.6 Å². The number of halogens is 1. The van der Waals surface area contributed by atoms with Crippen molar-refractivity contribution in [1.82, 2.24) is 4.90 Å². The van der Waals surface area contributed by atoms with Crippen LogP contribution in [0.25, 0.3) is 11.1 Å². The first-order valence-electron chi connectivity index (χ1n) is 11.2. The van der Waals surface area contributed by atoms with Gasteiger partial charge in [0.25, 0.3) is 11.8 Å². The van der Waals surface area contributed by atoms with E-state index >= 15 is 0 Å². The van der Waals surface area contributed by atoms with Crippen molar-refractivity contribution in [3.8, 4) is 16.9 Å². The van der Waals surface area contributed by atoms with Gasteiger partial charge in [-0.25, -0.2) is 4.39 Å². The van der Waals surface area contributed by atoms with Gasteiger partial charge in [0.2, 0.25) is 0 Å². The highest BCUT2D eigenvalue weighted by Crippen LogP contribution is 2.24. The molecular formula is C27H27FN2O4. The molecule has 6 nitrogen and oxygen atoms in total. The van der Waals surface area contributed by atoms with Crippen molar-refractivity contribution in [1.29, 1.82) is 0 Å². The van der Waals surface area contributed by atoms with Gasteiger partial charge in [-0.05, 0) is 73.5 Å². The summed E-state index contributed by atoms with van der Waals surface area (Å²) in [7, 11) is 0. The summed E-state index contributed by atoms with van der Waals surface area (Å²) in [6.07, 6.45) is 0. The molecule has 1 N–H and O–H groups in total. The van der Waals surface area contributed by atoms with Crippen LogP contribution >= 0.6 is 0 Å². The Bertz CT molecular complexity index is 1140. The van der Waals surface area contributed by atoms with Crippen LogP contribution in [0.1, 0.15) is 24.2 Å². The lowest BCUT2D eigenvalue weighted by Crippen LogP contribution is -2.42. The molecule has 0 spiro atoms. The van der Waals surface area contributed by atoms with E-state index in [4.69, 9.17) is 9.47 Å². The minimum absolute atomic E-state index is 0.0124. The fourth-order valence-electron chi connectivity index (χ4n) is 3.63. The van der Waals surface area contributed by atoms with Crippen molar-refractivity contribution in [2.45, 2.75) is 19.4 Å². The lowest BCUT2D eigenvalue weighted by molar-refractivity contribution is -0.128. The molecule has 176 valence electrons. The van der Waals surface area contributed by atoms with Gasteiger partial charge in [0.15, 0.2) is 5.60 Å². The third kappa shape index (κ3) is 5.61. The molecule has 34 heavy (non-hydrogen) atoms. The van der Waals surface area contributed by atoms with E-state index in [1.54, 1.807) is 18.7 Å². The van der Waals surface area contributed by atoms with Crippen LogP contribution in [0.2, 0.25) is 0 Å². The number of rotatable bonds is 6. The smallest absolute Gasteiger partial charge is 0.267 e. The molecular weight excluding hydrogens is 435 g/mol. The maximum absolute atomic E-state index is 13.1. The van der Waals surface area contributed by atoms with E-state index < -0.39 is 5.60 Å². The van der Waals surface area contributed by atoms with Crippen LogP contribution in [-0.2, 0) is 9.53 Å². The summed E-state index contributed by atoms with van der Waals surface area (Å²) in [6.45, 7) is 5.67. The SMILES string of the molecule is CC(C)(Oc1ccc(F)cc1)C(=O)Nc1ccc(-c2ccc(C(=O)N3CCOCC3)cc2)cc1. The van der Waals surface area contributed by atoms with E-state index in [9.17, 15) is 14.0 Å². The first-order chi connectivity index (χ1) is 16.3. The number of anilines is 1. The van der Waals surface area contributed by atoms with E-state index in [0.29, 0.717) is 43.3 Å². The molecule has 3 aromatic rings. The lowest BCUT2D eigenvalue weighted by atomic mass is 10.0. The quantitative estimate of drug-likeness (QED) is 0.574. The summed E-state index contributed by atoms with van der Waals surface area (Å²) in [5.74, 6) is -0.269. The standard InChI is InChI=1S/C27H27FN2O4/c1-27(2,34-24-13-9-22(28)10-14-24)26(32)29-23-11-7-20(8-12-23)19-3-5-21(6-4-19)25(31)30-15-17-33-18-16-30/h3-14H,15-18H2,1-2H3,(H,29,32). The van der Waals surface area contributed by atoms with Gasteiger partial charge in [0.1, 0.15) is 11.6 Å². The average molecular weight is 463 g/mol. The monoisotopic (exact) mass is 462 g/mol. The molecule has 0 saturated carbocycles. The molecule has 0 atom stereocenters. The first kappa shape index (κ1) is 23.4. The second-order valence-electron chi connectivity index (χ2n) is 8.58. The van der Waals surface area contributed by atoms with Crippen molar-refractivity contribution < 1.29 is 23.5 Å². The van der Waals surface area contributed by atoms with E-state index in [-0.39, 0.29) is 17.6 Å². The molecule has 0 aliphatic carbocycles. The van der Waals surface area contributed by atoms with Crippen molar-refractivity contribution in [3.63, 3.8) is 0 Å². The minimum atomic E-state index is -1.15. The molecule has 7 heteroatoms. The molecule has 2 amide bonds. The Balaban J connectivity index is 1.38. The van der Waals surface area contributed by atoms with Gasteiger partial charge in [-0.1, -0.05) is 24.3 Å². The molecule has 1 fully saturated rings. The number of hydrogen-bond acceptors (Lipinski definition) is 4. The highest BCUT2D eigenvalue weighted by atomic mass is 19.1. The van der Waals surface area contributed by atoms with E-state index in [2.05, 4.69) is 5.32 Å². The van der Waals surface area contributed by atoms with Crippen molar-refractivity contribution in [2.75, 3.05) is 31.6 Å². The third-order valence-corrected chi connectivity index (χ3v) is 5.64. The number of amides is 2. The Morgan fingerprint density at radius 2 is 1.44 bits per heavy atom. The highest BCUT2D eigenvalue weighted by molar-refractivity contribution is 5.97. The van der Waals surface area contributed by atoms with Gasteiger partial charge >= 0.3 is 0 Å². The van der Waals surface area contributed by atoms with Gasteiger partial charge in [-0.15, -0.1) is 0 Å². The number of morpholine rings is 1. The summed E-state index contributed by atoms with van der Waals surface area (Å²) < 4.78 is 24.1. The van der Waals surface area contributed by atoms with E-state index in [0.717, 1.165) is 11.1 Å². The van der Waals surface area contributed by atoms with Crippen LogP contribution in [0, 0.1) is 5.82 Å². The first-order valence-corrected chi connectivity index (χ1v) is 11.2. The van der Waals surface area contributed by atoms with Gasteiger partial charge in [-0.3, -0.25) is 9.59 Å². The number of carbonyl (C=O) groups excluding carboxylic acids is 2. The average Bonchev–Trinajstić information content (AvgIpc) is 2.86. The van der Waals surface area contributed by atoms with Crippen molar-refractivity contribution >= 4 is 17.5 Å². The lowest BCUT2D eigenvalue weighted by Gasteiger charge is -2.26. The summed E-state index contributed by atoms with van der Waals surface area (Å²) in [5.41, 5.74) is 2.06. The predicted octanol–water partition coefficient (Wildman–Crippen LogP) is 4.76. The van der Waals surface area contributed by atoms with Gasteiger partial charge in [0.05, 0.1) is 13.2 Å². The number of hydrogen-bond donors (Lipinski definition) is 1. The largest absolute Gasteiger partial charge is 0.478 e. The summed E-state index contributed by atoms with van der Waals surface area (Å²) in [6, 6.07) is 20.5. The maximum atomic E-state index is 13.1. The molecule has 1 aliphatic heterocycles. The second kappa shape index (κ2) is 10.1. The normalized spacial score (nSPS) is 13.9. The maximum Gasteiger partial charge on any atom is 0.267 e. The summed E-state index contributed by atoms with van der Waals surface area (Å²) in [5, 5.41) is 2.85. The van der Waals surface area contributed by atoms with E-state index in [1.807, 2.05) is 48.5 Å². The number of benzene rings is 3. The van der Waals surface area contributed by atoms with Crippen molar-refractivity contribution in [2.24, 2.45) is 0 Å². The number of nitrogens with one attached hydrogen (secondary N) is 1. The molecule has 0 aromatic heterocycles. The number of nitrogens with zero attached hydrogens (tertiary/aromatic N) is 1. The van der Waals surface area contributed by atoms with E-state index in [1.165, 1.54) is 24.3 Å². The minimum Gasteiger partial charge on any atom is -0.478 e. The fraction of sp³-hybridized carbons (Fsp3) is 0.259. The molecule has 1 heterocycles. The van der Waals surface area contributed by atoms with Gasteiger partial charge < -0.3 is 19.7 Å². The molecule has 4 rings (SSSR count). The third-order valence-electron chi connectivity index (χ3n) is 5.64. The van der Waals surface area contributed by atoms with Crippen LogP contribution in [0.15, 0.2) is 72.8 Å². The molecule has 0 radical (unpaired) electrons. The van der Waals surface area contributed by atoms with Crippen molar-refractivity contribution in [3.05, 3.63) is 84.2 Å². The summed E-state index contributed by atoms with van der Waals surface area (Å²) >= 11 is 0. The fourth-order valence-corrected chi connectivity index (χ4v) is 3.63. The zero-order chi connectivity index (χ0) is 24.1. The molecule has 1 saturated heterocycles. The highest BCUT2D eigenvalue weighted by Gasteiger charge is 2.30. The Hall–Kier alpha value is -3.71. The topological polar surface area (TPSA) is 67.9 Å².